The van der Waals surface area contributed by atoms with Crippen molar-refractivity contribution in [3.8, 4) is 0 Å². The second-order valence-corrected chi connectivity index (χ2v) is 8.33. The molecule has 5 heteroatoms. The molecule has 4 nitrogen and oxygen atoms in total. The molecule has 1 aliphatic heterocycles. The van der Waals surface area contributed by atoms with Crippen LogP contribution in [0.4, 0.5) is 0 Å². The zero-order valence-electron chi connectivity index (χ0n) is 14.1. The number of halogens is 1. The first-order valence-electron chi connectivity index (χ1n) is 8.50. The van der Waals surface area contributed by atoms with Crippen molar-refractivity contribution in [1.29, 1.82) is 0 Å². The van der Waals surface area contributed by atoms with Crippen LogP contribution in [0.5, 0.6) is 0 Å². The van der Waals surface area contributed by atoms with E-state index in [1.165, 1.54) is 25.7 Å². The average Bonchev–Trinajstić information content (AvgIpc) is 2.91. The first-order chi connectivity index (χ1) is 9.81. The van der Waals surface area contributed by atoms with Gasteiger partial charge in [0, 0.05) is 24.5 Å². The Kier molecular flexibility index (Phi) is 4.88. The molecule has 3 aliphatic rings. The molecule has 0 radical (unpaired) electrons. The fraction of sp³-hybridized carbons (Fsp3) is 0.941. The molecule has 128 valence electrons. The summed E-state index contributed by atoms with van der Waals surface area (Å²) >= 11 is 0. The Morgan fingerprint density at radius 1 is 1.23 bits per heavy atom. The summed E-state index contributed by atoms with van der Waals surface area (Å²) < 4.78 is 5.88. The summed E-state index contributed by atoms with van der Waals surface area (Å²) in [7, 11) is 0. The minimum atomic E-state index is -0.771. The van der Waals surface area contributed by atoms with Crippen LogP contribution in [-0.4, -0.2) is 30.7 Å². The van der Waals surface area contributed by atoms with Gasteiger partial charge in [-0.2, -0.15) is 0 Å². The SMILES string of the molecule is CC1(CNC(=O)C2(N)C3CCCOC3C2(C)C)CCCC1.Cl. The standard InChI is InChI=1S/C17H30N2O2.ClH/c1-15(2)13-12(7-6-10-21-13)17(15,18)14(20)19-11-16(3)8-4-5-9-16;/h12-13H,4-11,18H2,1-3H3,(H,19,20);1H. The number of hydrogen-bond donors (Lipinski definition) is 2. The number of hydrogen-bond acceptors (Lipinski definition) is 3. The topological polar surface area (TPSA) is 64.4 Å². The first kappa shape index (κ1) is 18.0. The van der Waals surface area contributed by atoms with Gasteiger partial charge in [0.25, 0.3) is 0 Å². The lowest BCUT2D eigenvalue weighted by Gasteiger charge is -2.65. The Morgan fingerprint density at radius 2 is 1.86 bits per heavy atom. The molecule has 3 rings (SSSR count). The summed E-state index contributed by atoms with van der Waals surface area (Å²) in [5, 5.41) is 3.18. The zero-order chi connectivity index (χ0) is 15.3. The van der Waals surface area contributed by atoms with Crippen LogP contribution in [0.1, 0.15) is 59.3 Å². The molecule has 22 heavy (non-hydrogen) atoms. The molecule has 1 heterocycles. The zero-order valence-corrected chi connectivity index (χ0v) is 14.9. The van der Waals surface area contributed by atoms with Crippen LogP contribution in [0, 0.1) is 16.7 Å². The molecule has 3 unspecified atom stereocenters. The summed E-state index contributed by atoms with van der Waals surface area (Å²) in [6, 6.07) is 0. The van der Waals surface area contributed by atoms with Crippen LogP contribution in [-0.2, 0) is 9.53 Å². The highest BCUT2D eigenvalue weighted by atomic mass is 35.5. The maximum Gasteiger partial charge on any atom is 0.241 e. The van der Waals surface area contributed by atoms with Crippen molar-refractivity contribution in [2.24, 2.45) is 22.5 Å². The molecule has 0 aromatic heterocycles. The molecule has 2 aliphatic carbocycles. The van der Waals surface area contributed by atoms with Crippen LogP contribution < -0.4 is 11.1 Å². The molecule has 3 N–H and O–H groups in total. The summed E-state index contributed by atoms with van der Waals surface area (Å²) in [5.41, 5.74) is 5.83. The Hall–Kier alpha value is -0.320. The highest BCUT2D eigenvalue weighted by molar-refractivity contribution is 5.89. The minimum Gasteiger partial charge on any atom is -0.377 e. The third kappa shape index (κ3) is 2.47. The molecule has 3 atom stereocenters. The number of nitrogens with two attached hydrogens (primary N) is 1. The van der Waals surface area contributed by atoms with Gasteiger partial charge in [0.1, 0.15) is 5.54 Å². The van der Waals surface area contributed by atoms with Gasteiger partial charge in [-0.25, -0.2) is 0 Å². The van der Waals surface area contributed by atoms with Gasteiger partial charge in [-0.05, 0) is 31.1 Å². The number of rotatable bonds is 3. The van der Waals surface area contributed by atoms with Crippen LogP contribution in [0.2, 0.25) is 0 Å². The first-order valence-corrected chi connectivity index (χ1v) is 8.50. The van der Waals surface area contributed by atoms with Gasteiger partial charge in [-0.3, -0.25) is 4.79 Å². The molecular formula is C17H31ClN2O2. The van der Waals surface area contributed by atoms with Crippen molar-refractivity contribution in [3.63, 3.8) is 0 Å². The molecule has 0 spiro atoms. The Balaban J connectivity index is 0.00000176. The normalized spacial score (nSPS) is 38.4. The number of ether oxygens (including phenoxy) is 1. The van der Waals surface area contributed by atoms with Gasteiger partial charge >= 0.3 is 0 Å². The maximum absolute atomic E-state index is 12.8. The van der Waals surface area contributed by atoms with Gasteiger partial charge < -0.3 is 15.8 Å². The van der Waals surface area contributed by atoms with Gasteiger partial charge in [0.05, 0.1) is 6.10 Å². The highest BCUT2D eigenvalue weighted by Gasteiger charge is 2.70. The second kappa shape index (κ2) is 5.95. The van der Waals surface area contributed by atoms with E-state index in [2.05, 4.69) is 26.1 Å². The Morgan fingerprint density at radius 3 is 2.50 bits per heavy atom. The molecule has 1 amide bonds. The van der Waals surface area contributed by atoms with E-state index in [9.17, 15) is 4.79 Å². The average molecular weight is 331 g/mol. The van der Waals surface area contributed by atoms with Crippen molar-refractivity contribution in [3.05, 3.63) is 0 Å². The quantitative estimate of drug-likeness (QED) is 0.836. The van der Waals surface area contributed by atoms with Crippen molar-refractivity contribution in [2.75, 3.05) is 13.2 Å². The Bertz CT molecular complexity index is 434. The van der Waals surface area contributed by atoms with E-state index in [0.29, 0.717) is 0 Å². The monoisotopic (exact) mass is 330 g/mol. The second-order valence-electron chi connectivity index (χ2n) is 8.33. The van der Waals surface area contributed by atoms with E-state index in [4.69, 9.17) is 10.5 Å². The van der Waals surface area contributed by atoms with Crippen LogP contribution in [0.15, 0.2) is 0 Å². The molecule has 0 bridgehead atoms. The van der Waals surface area contributed by atoms with E-state index in [0.717, 1.165) is 26.0 Å². The lowest BCUT2D eigenvalue weighted by atomic mass is 9.46. The maximum atomic E-state index is 12.8. The van der Waals surface area contributed by atoms with E-state index in [1.807, 2.05) is 0 Å². The smallest absolute Gasteiger partial charge is 0.241 e. The summed E-state index contributed by atoms with van der Waals surface area (Å²) in [4.78, 5) is 12.8. The van der Waals surface area contributed by atoms with E-state index in [1.54, 1.807) is 0 Å². The van der Waals surface area contributed by atoms with Crippen molar-refractivity contribution in [1.82, 2.24) is 5.32 Å². The molecule has 2 saturated carbocycles. The fourth-order valence-electron chi connectivity index (χ4n) is 4.88. The molecular weight excluding hydrogens is 300 g/mol. The van der Waals surface area contributed by atoms with Crippen molar-refractivity contribution >= 4 is 18.3 Å². The lowest BCUT2D eigenvalue weighted by molar-refractivity contribution is -0.225. The van der Waals surface area contributed by atoms with Gasteiger partial charge in [-0.1, -0.05) is 33.6 Å². The van der Waals surface area contributed by atoms with Gasteiger partial charge in [0.2, 0.25) is 5.91 Å². The summed E-state index contributed by atoms with van der Waals surface area (Å²) in [6.45, 7) is 8.01. The number of nitrogens with one attached hydrogen (secondary N) is 1. The lowest BCUT2D eigenvalue weighted by Crippen LogP contribution is -2.82. The molecule has 3 fully saturated rings. The van der Waals surface area contributed by atoms with Gasteiger partial charge in [-0.15, -0.1) is 12.4 Å². The van der Waals surface area contributed by atoms with E-state index >= 15 is 0 Å². The predicted octanol–water partition coefficient (Wildman–Crippen LogP) is 2.64. The molecule has 0 aromatic carbocycles. The highest BCUT2D eigenvalue weighted by Crippen LogP contribution is 2.57. The van der Waals surface area contributed by atoms with Crippen LogP contribution >= 0.6 is 12.4 Å². The summed E-state index contributed by atoms with van der Waals surface area (Å²) in [5.74, 6) is 0.213. The van der Waals surface area contributed by atoms with Crippen LogP contribution in [0.3, 0.4) is 0 Å². The third-order valence-corrected chi connectivity index (χ3v) is 6.55. The van der Waals surface area contributed by atoms with Gasteiger partial charge in [0.15, 0.2) is 0 Å². The fourth-order valence-corrected chi connectivity index (χ4v) is 4.88. The summed E-state index contributed by atoms with van der Waals surface area (Å²) in [6.07, 6.45) is 7.15. The largest absolute Gasteiger partial charge is 0.377 e. The van der Waals surface area contributed by atoms with E-state index in [-0.39, 0.29) is 41.2 Å². The number of fused-ring (bicyclic) bond motifs is 1. The Labute approximate surface area is 140 Å². The predicted molar refractivity (Wildman–Crippen MR) is 90.0 cm³/mol. The number of carbonyl (C=O) groups excluding carboxylic acids is 1. The van der Waals surface area contributed by atoms with Crippen molar-refractivity contribution in [2.45, 2.75) is 70.9 Å². The molecule has 1 saturated heterocycles. The van der Waals surface area contributed by atoms with Crippen LogP contribution in [0.25, 0.3) is 0 Å². The minimum absolute atomic E-state index is 0. The van der Waals surface area contributed by atoms with E-state index < -0.39 is 5.54 Å². The number of carbonyl (C=O) groups is 1. The third-order valence-electron chi connectivity index (χ3n) is 6.55. The van der Waals surface area contributed by atoms with Crippen molar-refractivity contribution < 1.29 is 9.53 Å². The number of amides is 1. The molecule has 0 aromatic rings.